The minimum atomic E-state index is 0.703. The first kappa shape index (κ1) is 10.3. The van der Waals surface area contributed by atoms with Crippen LogP contribution in [0.4, 0.5) is 0 Å². The molecule has 72 valence electrons. The predicted molar refractivity (Wildman–Crippen MR) is 62.6 cm³/mol. The Labute approximate surface area is 85.3 Å². The van der Waals surface area contributed by atoms with Crippen molar-refractivity contribution in [2.24, 2.45) is 5.73 Å². The highest BCUT2D eigenvalue weighted by atomic mass is 14.6. The van der Waals surface area contributed by atoms with Crippen LogP contribution >= 0.6 is 0 Å². The summed E-state index contributed by atoms with van der Waals surface area (Å²) in [6, 6.07) is 10.0. The lowest BCUT2D eigenvalue weighted by atomic mass is 10.0. The molecule has 2 N–H and O–H groups in total. The van der Waals surface area contributed by atoms with Crippen molar-refractivity contribution in [3.63, 3.8) is 0 Å². The van der Waals surface area contributed by atoms with Gasteiger partial charge in [-0.15, -0.1) is 0 Å². The fourth-order valence-corrected chi connectivity index (χ4v) is 1.25. The lowest BCUT2D eigenvalue weighted by Gasteiger charge is -2.04. The number of rotatable bonds is 3. The van der Waals surface area contributed by atoms with Gasteiger partial charge in [-0.05, 0) is 18.6 Å². The Balaban J connectivity index is 3.20. The third-order valence-corrected chi connectivity index (χ3v) is 1.95. The Morgan fingerprint density at radius 3 is 2.43 bits per heavy atom. The molecule has 1 aromatic rings. The van der Waals surface area contributed by atoms with Gasteiger partial charge in [0, 0.05) is 11.3 Å². The SMILES string of the molecule is C=C/C(N)=C(\C=C/C)c1ccccc1. The second-order valence-corrected chi connectivity index (χ2v) is 2.94. The van der Waals surface area contributed by atoms with E-state index in [1.807, 2.05) is 49.4 Å². The molecule has 0 saturated carbocycles. The van der Waals surface area contributed by atoms with Crippen LogP contribution in [-0.4, -0.2) is 0 Å². The summed E-state index contributed by atoms with van der Waals surface area (Å²) < 4.78 is 0. The maximum atomic E-state index is 5.85. The van der Waals surface area contributed by atoms with Gasteiger partial charge >= 0.3 is 0 Å². The summed E-state index contributed by atoms with van der Waals surface area (Å²) in [4.78, 5) is 0. The molecule has 0 aliphatic rings. The van der Waals surface area contributed by atoms with E-state index in [0.717, 1.165) is 11.1 Å². The third-order valence-electron chi connectivity index (χ3n) is 1.95. The molecule has 1 heteroatoms. The summed E-state index contributed by atoms with van der Waals surface area (Å²) >= 11 is 0. The molecule has 0 bridgehead atoms. The molecular weight excluding hydrogens is 170 g/mol. The van der Waals surface area contributed by atoms with Crippen LogP contribution in [0.1, 0.15) is 12.5 Å². The first-order chi connectivity index (χ1) is 6.79. The normalized spacial score (nSPS) is 12.6. The van der Waals surface area contributed by atoms with Crippen LogP contribution in [0.5, 0.6) is 0 Å². The fraction of sp³-hybridized carbons (Fsp3) is 0.0769. The highest BCUT2D eigenvalue weighted by Crippen LogP contribution is 2.17. The molecule has 1 nitrogen and oxygen atoms in total. The van der Waals surface area contributed by atoms with Crippen LogP contribution in [-0.2, 0) is 0 Å². The molecule has 0 atom stereocenters. The number of benzene rings is 1. The van der Waals surface area contributed by atoms with Crippen molar-refractivity contribution in [3.05, 3.63) is 66.4 Å². The van der Waals surface area contributed by atoms with Crippen LogP contribution in [0.2, 0.25) is 0 Å². The Bertz CT molecular complexity index is 358. The van der Waals surface area contributed by atoms with Crippen LogP contribution in [0.15, 0.2) is 60.8 Å². The Kier molecular flexibility index (Phi) is 3.74. The van der Waals surface area contributed by atoms with Crippen LogP contribution in [0, 0.1) is 0 Å². The zero-order valence-electron chi connectivity index (χ0n) is 8.40. The van der Waals surface area contributed by atoms with Crippen molar-refractivity contribution in [1.29, 1.82) is 0 Å². The molecule has 0 saturated heterocycles. The van der Waals surface area contributed by atoms with Gasteiger partial charge in [0.25, 0.3) is 0 Å². The zero-order chi connectivity index (χ0) is 10.4. The number of hydrogen-bond acceptors (Lipinski definition) is 1. The standard InChI is InChI=1S/C13H15N/c1-3-8-12(13(14)4-2)11-9-6-5-7-10-11/h3-10H,2,14H2,1H3/b8-3-,13-12-. The van der Waals surface area contributed by atoms with E-state index in [1.54, 1.807) is 6.08 Å². The summed E-state index contributed by atoms with van der Waals surface area (Å²) in [5, 5.41) is 0. The fourth-order valence-electron chi connectivity index (χ4n) is 1.25. The van der Waals surface area contributed by atoms with Crippen molar-refractivity contribution in [2.75, 3.05) is 0 Å². The third kappa shape index (κ3) is 2.36. The molecule has 1 rings (SSSR count). The maximum Gasteiger partial charge on any atom is 0.0387 e. The molecule has 0 radical (unpaired) electrons. The van der Waals surface area contributed by atoms with E-state index in [9.17, 15) is 0 Å². The minimum absolute atomic E-state index is 0.703. The quantitative estimate of drug-likeness (QED) is 0.719. The van der Waals surface area contributed by atoms with Crippen molar-refractivity contribution < 1.29 is 0 Å². The van der Waals surface area contributed by atoms with Gasteiger partial charge in [-0.3, -0.25) is 0 Å². The molecule has 0 aliphatic heterocycles. The number of hydrogen-bond donors (Lipinski definition) is 1. The van der Waals surface area contributed by atoms with E-state index in [1.165, 1.54) is 0 Å². The van der Waals surface area contributed by atoms with Gasteiger partial charge in [-0.2, -0.15) is 0 Å². The molecule has 0 aromatic heterocycles. The molecule has 0 fully saturated rings. The van der Waals surface area contributed by atoms with Gasteiger partial charge in [0.1, 0.15) is 0 Å². The lowest BCUT2D eigenvalue weighted by molar-refractivity contribution is 1.42. The molecule has 0 spiro atoms. The van der Waals surface area contributed by atoms with Crippen LogP contribution < -0.4 is 5.73 Å². The minimum Gasteiger partial charge on any atom is -0.398 e. The van der Waals surface area contributed by atoms with Crippen molar-refractivity contribution in [1.82, 2.24) is 0 Å². The van der Waals surface area contributed by atoms with E-state index < -0.39 is 0 Å². The smallest absolute Gasteiger partial charge is 0.0387 e. The number of nitrogens with two attached hydrogens (primary N) is 1. The van der Waals surface area contributed by atoms with Gasteiger partial charge in [-0.25, -0.2) is 0 Å². The summed E-state index contributed by atoms with van der Waals surface area (Å²) in [7, 11) is 0. The average molecular weight is 185 g/mol. The van der Waals surface area contributed by atoms with Crippen LogP contribution in [0.25, 0.3) is 5.57 Å². The summed E-state index contributed by atoms with van der Waals surface area (Å²) in [5.74, 6) is 0. The lowest BCUT2D eigenvalue weighted by Crippen LogP contribution is -1.97. The predicted octanol–water partition coefficient (Wildman–Crippen LogP) is 3.12. The van der Waals surface area contributed by atoms with Crippen molar-refractivity contribution in [2.45, 2.75) is 6.92 Å². The highest BCUT2D eigenvalue weighted by Gasteiger charge is 1.99. The van der Waals surface area contributed by atoms with E-state index in [0.29, 0.717) is 5.70 Å². The topological polar surface area (TPSA) is 26.0 Å². The first-order valence-corrected chi connectivity index (χ1v) is 4.60. The molecule has 0 aliphatic carbocycles. The zero-order valence-corrected chi connectivity index (χ0v) is 8.40. The first-order valence-electron chi connectivity index (χ1n) is 4.60. The molecule has 14 heavy (non-hydrogen) atoms. The second kappa shape index (κ2) is 5.07. The molecule has 0 amide bonds. The number of allylic oxidation sites excluding steroid dienone is 4. The van der Waals surface area contributed by atoms with E-state index >= 15 is 0 Å². The highest BCUT2D eigenvalue weighted by molar-refractivity contribution is 5.77. The van der Waals surface area contributed by atoms with E-state index in [4.69, 9.17) is 5.73 Å². The van der Waals surface area contributed by atoms with Crippen molar-refractivity contribution >= 4 is 5.57 Å². The molecule has 0 unspecified atom stereocenters. The van der Waals surface area contributed by atoms with Gasteiger partial charge < -0.3 is 5.73 Å². The summed E-state index contributed by atoms with van der Waals surface area (Å²) in [6.45, 7) is 5.64. The monoisotopic (exact) mass is 185 g/mol. The second-order valence-electron chi connectivity index (χ2n) is 2.94. The Morgan fingerprint density at radius 2 is 1.93 bits per heavy atom. The maximum absolute atomic E-state index is 5.85. The molecule has 0 heterocycles. The van der Waals surface area contributed by atoms with Crippen molar-refractivity contribution in [3.8, 4) is 0 Å². The molecular formula is C13H15N. The van der Waals surface area contributed by atoms with Gasteiger partial charge in [0.2, 0.25) is 0 Å². The average Bonchev–Trinajstić information content (AvgIpc) is 2.26. The Morgan fingerprint density at radius 1 is 1.29 bits per heavy atom. The molecule has 1 aromatic carbocycles. The largest absolute Gasteiger partial charge is 0.398 e. The van der Waals surface area contributed by atoms with Gasteiger partial charge in [-0.1, -0.05) is 49.1 Å². The van der Waals surface area contributed by atoms with E-state index in [2.05, 4.69) is 6.58 Å². The summed E-state index contributed by atoms with van der Waals surface area (Å²) in [5.41, 5.74) is 8.68. The summed E-state index contributed by atoms with van der Waals surface area (Å²) in [6.07, 6.45) is 5.63. The van der Waals surface area contributed by atoms with Gasteiger partial charge in [0.05, 0.1) is 0 Å². The Hall–Kier alpha value is -1.76. The van der Waals surface area contributed by atoms with Gasteiger partial charge in [0.15, 0.2) is 0 Å². The van der Waals surface area contributed by atoms with Crippen LogP contribution in [0.3, 0.4) is 0 Å². The van der Waals surface area contributed by atoms with E-state index in [-0.39, 0.29) is 0 Å².